The second kappa shape index (κ2) is 39.3. The number of aliphatic hydroxyl groups is 7. The lowest BCUT2D eigenvalue weighted by Gasteiger charge is -2.48. The fourth-order valence-corrected chi connectivity index (χ4v) is 13.3. The van der Waals surface area contributed by atoms with Crippen molar-refractivity contribution in [2.45, 2.75) is 247 Å². The number of carbonyl (C=O) groups excluding carboxylic acids is 13. The Morgan fingerprint density at radius 1 is 0.630 bits per heavy atom. The van der Waals surface area contributed by atoms with E-state index in [1.54, 1.807) is 0 Å². The molecule has 5 fully saturated rings. The van der Waals surface area contributed by atoms with Crippen molar-refractivity contribution in [3.8, 4) is 0 Å². The van der Waals surface area contributed by atoms with E-state index in [0.717, 1.165) is 25.7 Å². The molecule has 0 aliphatic carbocycles. The average molecular weight is 1540 g/mol. The SMILES string of the molecule is CC(=O)N[C@H]1[C@@H](O[C@H](C)[C@H](NC(=O)[C@@H](NC(=O)CNC(=O)[C@H](Cc2cnc[nH]2)NC(=O)[C@H](C)NC(=O)[C@@H]2CCCN2C(=O)[C@@H]2CCCN2C(=O)[C@H](C)NC(C)=O)C(C)C)C(=O)N[C@@H](CO)C(=O)N[C@@H](C)C(=O)N2CCC[C@H]2C(=O)O)O[C@H](CO[C@]2(C(=O)O)C[C@H](O)[C@@H](NC(C)=O)[C@H]([C@H](O)[C@H](O)CO)O2)[C@H](O)[C@@H]1O. The van der Waals surface area contributed by atoms with Crippen molar-refractivity contribution in [3.63, 3.8) is 0 Å². The summed E-state index contributed by atoms with van der Waals surface area (Å²) >= 11 is 0. The highest BCUT2D eigenvalue weighted by Gasteiger charge is 2.58. The van der Waals surface area contributed by atoms with Gasteiger partial charge in [-0.1, -0.05) is 13.8 Å². The third kappa shape index (κ3) is 22.5. The maximum Gasteiger partial charge on any atom is 0.364 e. The molecule has 6 rings (SSSR count). The van der Waals surface area contributed by atoms with E-state index < -0.39 is 261 Å². The van der Waals surface area contributed by atoms with Crippen molar-refractivity contribution in [1.29, 1.82) is 0 Å². The fraction of sp³-hybridized carbons (Fsp3) is 0.723. The molecule has 0 unspecified atom stereocenters. The Bertz CT molecular complexity index is 3410. The van der Waals surface area contributed by atoms with Crippen LogP contribution in [0.25, 0.3) is 0 Å². The van der Waals surface area contributed by atoms with Crippen LogP contribution in [0, 0.1) is 5.92 Å². The van der Waals surface area contributed by atoms with Crippen LogP contribution in [0.2, 0.25) is 0 Å². The van der Waals surface area contributed by atoms with Crippen molar-refractivity contribution in [2.24, 2.45) is 5.92 Å². The molecule has 1 aromatic heterocycles. The van der Waals surface area contributed by atoms with Crippen LogP contribution in [0.1, 0.15) is 113 Å². The molecule has 20 N–H and O–H groups in total. The zero-order valence-corrected chi connectivity index (χ0v) is 61.0. The second-order valence-corrected chi connectivity index (χ2v) is 27.7. The Balaban J connectivity index is 1.21. The van der Waals surface area contributed by atoms with Crippen molar-refractivity contribution >= 4 is 88.7 Å². The topological polar surface area (TPSA) is 634 Å². The van der Waals surface area contributed by atoms with E-state index in [0.29, 0.717) is 31.4 Å². The van der Waals surface area contributed by atoms with E-state index in [1.165, 1.54) is 63.9 Å². The summed E-state index contributed by atoms with van der Waals surface area (Å²) in [6.45, 7) is 7.25. The number of aliphatic carboxylic acids is 2. The Labute approximate surface area is 618 Å². The van der Waals surface area contributed by atoms with Gasteiger partial charge in [0.05, 0.1) is 50.9 Å². The zero-order chi connectivity index (χ0) is 80.5. The average Bonchev–Trinajstić information content (AvgIpc) is 1.74. The maximum atomic E-state index is 14.8. The standard InChI is InChI=1S/C65H101N15O28/c1-27(2)45(76-44(88)22-67-54(93)36(19-35-21-66-26-68-35)74-53(92)28(3)70-56(95)38-13-10-16-78(38)61(100)39-14-11-17-79(39)59(98)29(4)69-32(7)83)57(96)77-46(58(97)75-37(23-81)55(94)71-30(5)60(99)80-18-12-15-40(80)62(101)102)31(6)106-63-48(73-34(9)85)51(91)50(90)43(107-63)25-105-65(64(103)104)20-41(86)47(72-33(8)84)52(108-65)49(89)42(87)24-82/h21,26-31,36-43,45-52,63,81-82,86-87,89-91H,10-20,22-25H2,1-9H3,(H,66,68)(H,67,93)(H,69,83)(H,70,95)(H,71,94)(H,72,84)(H,73,85)(H,74,92)(H,75,97)(H,76,88)(H,77,96)(H,101,102)(H,103,104)/t28-,29-,30-,31+,36-,37-,38-,39-,40-,41-,42+,43+,45-,46-,47+,48+,49+,50-,51+,52+,63-,65+/m0/s1. The van der Waals surface area contributed by atoms with Gasteiger partial charge in [0, 0.05) is 65.1 Å². The van der Waals surface area contributed by atoms with Gasteiger partial charge in [0.25, 0.3) is 5.79 Å². The summed E-state index contributed by atoms with van der Waals surface area (Å²) < 4.78 is 23.5. The summed E-state index contributed by atoms with van der Waals surface area (Å²) in [6.07, 6.45) is -15.3. The number of H-pyrrole nitrogens is 1. The normalized spacial score (nSPS) is 26.9. The molecule has 0 aromatic carbocycles. The first-order chi connectivity index (χ1) is 50.7. The number of aliphatic hydroxyl groups excluding tert-OH is 7. The monoisotopic (exact) mass is 1540 g/mol. The third-order valence-electron chi connectivity index (χ3n) is 19.0. The van der Waals surface area contributed by atoms with E-state index in [2.05, 4.69) is 63.1 Å². The number of carbonyl (C=O) groups is 15. The third-order valence-corrected chi connectivity index (χ3v) is 19.0. The number of ether oxygens (including phenoxy) is 4. The number of nitrogens with zero attached hydrogens (tertiary/aromatic N) is 4. The number of hydrogen-bond donors (Lipinski definition) is 20. The van der Waals surface area contributed by atoms with Crippen molar-refractivity contribution in [2.75, 3.05) is 46.0 Å². The number of carboxylic acid groups (broad SMARTS) is 2. The Hall–Kier alpha value is -9.18. The molecule has 5 aliphatic rings. The first-order valence-electron chi connectivity index (χ1n) is 35.3. The number of amides is 13. The van der Waals surface area contributed by atoms with Gasteiger partial charge in [-0.05, 0) is 72.1 Å². The summed E-state index contributed by atoms with van der Waals surface area (Å²) in [4.78, 5) is 212. The second-order valence-electron chi connectivity index (χ2n) is 27.7. The van der Waals surface area contributed by atoms with Gasteiger partial charge in [0.1, 0.15) is 103 Å². The number of hydrogen-bond acceptors (Lipinski definition) is 27. The van der Waals surface area contributed by atoms with Crippen LogP contribution in [-0.4, -0.2) is 339 Å². The Kier molecular flexibility index (Phi) is 31.9. The minimum atomic E-state index is -3.05. The quantitative estimate of drug-likeness (QED) is 0.0300. The smallest absolute Gasteiger partial charge is 0.364 e. The van der Waals surface area contributed by atoms with Crippen molar-refractivity contribution in [1.82, 2.24) is 77.8 Å². The summed E-state index contributed by atoms with van der Waals surface area (Å²) in [6, 6.07) is -17.7. The lowest BCUT2D eigenvalue weighted by Crippen LogP contribution is -2.69. The van der Waals surface area contributed by atoms with Crippen LogP contribution >= 0.6 is 0 Å². The zero-order valence-electron chi connectivity index (χ0n) is 61.0. The van der Waals surface area contributed by atoms with E-state index in [1.807, 2.05) is 0 Å². The molecule has 43 nitrogen and oxygen atoms in total. The van der Waals surface area contributed by atoms with Crippen LogP contribution < -0.4 is 53.2 Å². The fourth-order valence-electron chi connectivity index (χ4n) is 13.3. The number of carboxylic acids is 2. The number of nitrogens with one attached hydrogen (secondary N) is 11. The molecule has 0 spiro atoms. The molecular formula is C65H101N15O28. The summed E-state index contributed by atoms with van der Waals surface area (Å²) in [5.41, 5.74) is 0.317. The van der Waals surface area contributed by atoms with Gasteiger partial charge < -0.3 is 138 Å². The summed E-state index contributed by atoms with van der Waals surface area (Å²) in [5.74, 6) is -18.7. The lowest BCUT2D eigenvalue weighted by atomic mass is 9.88. The van der Waals surface area contributed by atoms with Gasteiger partial charge >= 0.3 is 11.9 Å². The largest absolute Gasteiger partial charge is 0.480 e. The summed E-state index contributed by atoms with van der Waals surface area (Å²) in [5, 5.41) is 120. The molecule has 108 heavy (non-hydrogen) atoms. The molecule has 0 radical (unpaired) electrons. The van der Waals surface area contributed by atoms with Crippen LogP contribution in [0.5, 0.6) is 0 Å². The lowest BCUT2D eigenvalue weighted by molar-refractivity contribution is -0.332. The first kappa shape index (κ1) is 87.7. The van der Waals surface area contributed by atoms with Crippen LogP contribution in [0.3, 0.4) is 0 Å². The Morgan fingerprint density at radius 3 is 1.77 bits per heavy atom. The van der Waals surface area contributed by atoms with Crippen LogP contribution in [0.15, 0.2) is 12.5 Å². The summed E-state index contributed by atoms with van der Waals surface area (Å²) in [7, 11) is 0. The molecule has 604 valence electrons. The van der Waals surface area contributed by atoms with Gasteiger partial charge in [-0.25, -0.2) is 14.6 Å². The number of rotatable bonds is 35. The predicted octanol–water partition coefficient (Wildman–Crippen LogP) is -10.2. The van der Waals surface area contributed by atoms with Crippen molar-refractivity contribution in [3.05, 3.63) is 18.2 Å². The van der Waals surface area contributed by atoms with Gasteiger partial charge in [0.2, 0.25) is 76.8 Å². The maximum absolute atomic E-state index is 14.8. The molecule has 43 heteroatoms. The first-order valence-corrected chi connectivity index (χ1v) is 35.3. The number of imidazole rings is 1. The minimum Gasteiger partial charge on any atom is -0.480 e. The molecule has 22 atom stereocenters. The molecule has 5 aliphatic heterocycles. The molecule has 5 saturated heterocycles. The molecule has 13 amide bonds. The van der Waals surface area contributed by atoms with Crippen molar-refractivity contribution < 1.29 is 137 Å². The highest BCUT2D eigenvalue weighted by Crippen LogP contribution is 2.36. The molecular weight excluding hydrogens is 1440 g/mol. The molecule has 6 heterocycles. The number of likely N-dealkylation sites (tertiary alicyclic amines) is 3. The van der Waals surface area contributed by atoms with E-state index in [4.69, 9.17) is 18.9 Å². The molecule has 0 bridgehead atoms. The number of aromatic amines is 1. The minimum absolute atomic E-state index is 0.0218. The number of aromatic nitrogens is 2. The van der Waals surface area contributed by atoms with Gasteiger partial charge in [-0.2, -0.15) is 0 Å². The highest BCUT2D eigenvalue weighted by molar-refractivity contribution is 5.99. The van der Waals surface area contributed by atoms with Gasteiger partial charge in [-0.3, -0.25) is 62.3 Å². The van der Waals surface area contributed by atoms with Gasteiger partial charge in [0.15, 0.2) is 6.29 Å². The van der Waals surface area contributed by atoms with Crippen LogP contribution in [-0.2, 0) is 97.3 Å². The van der Waals surface area contributed by atoms with Crippen LogP contribution in [0.4, 0.5) is 0 Å². The van der Waals surface area contributed by atoms with E-state index in [9.17, 15) is 118 Å². The predicted molar refractivity (Wildman–Crippen MR) is 363 cm³/mol. The van der Waals surface area contributed by atoms with E-state index >= 15 is 0 Å². The van der Waals surface area contributed by atoms with Gasteiger partial charge in [-0.15, -0.1) is 0 Å². The Morgan fingerprint density at radius 2 is 1.20 bits per heavy atom. The molecule has 1 aromatic rings. The van der Waals surface area contributed by atoms with E-state index in [-0.39, 0.29) is 38.9 Å². The highest BCUT2D eigenvalue weighted by atomic mass is 16.7. The molecule has 0 saturated carbocycles.